The minimum atomic E-state index is -4.73. The van der Waals surface area contributed by atoms with Crippen LogP contribution in [0.15, 0.2) is 22.7 Å². The number of rotatable bonds is 2. The summed E-state index contributed by atoms with van der Waals surface area (Å²) in [6.45, 7) is 1.59. The highest BCUT2D eigenvalue weighted by Gasteiger charge is 2.31. The van der Waals surface area contributed by atoms with Gasteiger partial charge < -0.3 is 9.15 Å². The Morgan fingerprint density at radius 2 is 2.00 bits per heavy atom. The van der Waals surface area contributed by atoms with Crippen molar-refractivity contribution in [2.45, 2.75) is 13.3 Å². The first-order valence-electron chi connectivity index (χ1n) is 4.46. The number of aromatic nitrogens is 3. The van der Waals surface area contributed by atoms with Gasteiger partial charge in [-0.05, 0) is 12.1 Å². The van der Waals surface area contributed by atoms with Crippen LogP contribution in [0, 0.1) is 6.92 Å². The maximum absolute atomic E-state index is 11.9. The van der Waals surface area contributed by atoms with Crippen LogP contribution in [0.4, 0.5) is 13.2 Å². The summed E-state index contributed by atoms with van der Waals surface area (Å²) in [5.74, 6) is 0.0796. The van der Waals surface area contributed by atoms with E-state index in [1.165, 1.54) is 6.07 Å². The smallest absolute Gasteiger partial charge is 0.420 e. The van der Waals surface area contributed by atoms with E-state index in [1.807, 2.05) is 0 Å². The fraction of sp³-hybridized carbons (Fsp3) is 0.222. The van der Waals surface area contributed by atoms with E-state index in [1.54, 1.807) is 6.92 Å². The molecule has 0 bridgehead atoms. The Morgan fingerprint density at radius 3 is 2.47 bits per heavy atom. The molecule has 2 rings (SSSR count). The Labute approximate surface area is 93.3 Å². The molecule has 0 saturated heterocycles. The van der Waals surface area contributed by atoms with Crippen molar-refractivity contribution in [2.75, 3.05) is 0 Å². The first-order valence-corrected chi connectivity index (χ1v) is 4.46. The Kier molecular flexibility index (Phi) is 2.70. The van der Waals surface area contributed by atoms with E-state index >= 15 is 0 Å². The summed E-state index contributed by atoms with van der Waals surface area (Å²) in [6.07, 6.45) is -3.80. The second kappa shape index (κ2) is 4.04. The van der Waals surface area contributed by atoms with E-state index in [9.17, 15) is 13.2 Å². The molecule has 0 atom stereocenters. The van der Waals surface area contributed by atoms with E-state index in [2.05, 4.69) is 19.9 Å². The molecule has 0 unspecified atom stereocenters. The number of pyridine rings is 1. The molecule has 0 fully saturated rings. The van der Waals surface area contributed by atoms with Crippen molar-refractivity contribution in [1.82, 2.24) is 15.2 Å². The van der Waals surface area contributed by atoms with Gasteiger partial charge >= 0.3 is 6.36 Å². The van der Waals surface area contributed by atoms with Crippen molar-refractivity contribution in [3.63, 3.8) is 0 Å². The third kappa shape index (κ3) is 2.92. The van der Waals surface area contributed by atoms with Crippen molar-refractivity contribution in [2.24, 2.45) is 0 Å². The van der Waals surface area contributed by atoms with Crippen molar-refractivity contribution >= 4 is 0 Å². The number of alkyl halides is 3. The summed E-state index contributed by atoms with van der Waals surface area (Å²) in [5.41, 5.74) is 0.278. The summed E-state index contributed by atoms with van der Waals surface area (Å²) in [5, 5.41) is 7.25. The lowest BCUT2D eigenvalue weighted by atomic mass is 10.3. The predicted molar refractivity (Wildman–Crippen MR) is 48.9 cm³/mol. The summed E-state index contributed by atoms with van der Waals surface area (Å²) >= 11 is 0. The molecule has 8 heteroatoms. The number of nitrogens with zero attached hydrogens (tertiary/aromatic N) is 3. The van der Waals surface area contributed by atoms with Crippen LogP contribution in [0.2, 0.25) is 0 Å². The molecule has 0 aromatic carbocycles. The molecule has 0 aliphatic rings. The summed E-state index contributed by atoms with van der Waals surface area (Å²) in [4.78, 5) is 3.73. The number of hydrogen-bond donors (Lipinski definition) is 0. The van der Waals surface area contributed by atoms with E-state index in [4.69, 9.17) is 4.42 Å². The lowest BCUT2D eigenvalue weighted by Gasteiger charge is -2.07. The van der Waals surface area contributed by atoms with Gasteiger partial charge in [-0.2, -0.15) is 0 Å². The van der Waals surface area contributed by atoms with Gasteiger partial charge in [0.2, 0.25) is 5.89 Å². The first kappa shape index (κ1) is 11.4. The van der Waals surface area contributed by atoms with Crippen LogP contribution in [0.5, 0.6) is 5.75 Å². The molecule has 5 nitrogen and oxygen atoms in total. The topological polar surface area (TPSA) is 61.0 Å². The molecule has 0 aliphatic carbocycles. The highest BCUT2D eigenvalue weighted by atomic mass is 19.4. The minimum Gasteiger partial charge on any atom is -0.420 e. The largest absolute Gasteiger partial charge is 0.573 e. The van der Waals surface area contributed by atoms with Crippen LogP contribution in [0.25, 0.3) is 11.6 Å². The maximum Gasteiger partial charge on any atom is 0.573 e. The van der Waals surface area contributed by atoms with Crippen molar-refractivity contribution < 1.29 is 22.3 Å². The van der Waals surface area contributed by atoms with Crippen LogP contribution in [0.3, 0.4) is 0 Å². The fourth-order valence-electron chi connectivity index (χ4n) is 1.10. The molecule has 0 spiro atoms. The zero-order valence-corrected chi connectivity index (χ0v) is 8.52. The van der Waals surface area contributed by atoms with Crippen molar-refractivity contribution in [1.29, 1.82) is 0 Å². The van der Waals surface area contributed by atoms with Gasteiger partial charge in [-0.3, -0.25) is 0 Å². The van der Waals surface area contributed by atoms with Crippen LogP contribution < -0.4 is 4.74 Å². The van der Waals surface area contributed by atoms with Crippen LogP contribution in [0.1, 0.15) is 5.89 Å². The lowest BCUT2D eigenvalue weighted by Crippen LogP contribution is -2.17. The second-order valence-corrected chi connectivity index (χ2v) is 3.05. The average Bonchev–Trinajstić information content (AvgIpc) is 2.63. The Hall–Kier alpha value is -2.12. The molecule has 90 valence electrons. The molecule has 0 N–H and O–H groups in total. The number of ether oxygens (including phenoxy) is 1. The molecule has 0 saturated carbocycles. The highest BCUT2D eigenvalue weighted by molar-refractivity contribution is 5.46. The van der Waals surface area contributed by atoms with Crippen LogP contribution in [-0.2, 0) is 0 Å². The number of halogens is 3. The van der Waals surface area contributed by atoms with E-state index in [0.717, 1.165) is 12.3 Å². The molecule has 2 aromatic heterocycles. The van der Waals surface area contributed by atoms with Crippen molar-refractivity contribution in [3.05, 3.63) is 24.2 Å². The zero-order valence-electron chi connectivity index (χ0n) is 8.52. The molecular weight excluding hydrogens is 239 g/mol. The zero-order chi connectivity index (χ0) is 12.5. The Bertz CT molecular complexity index is 507. The molecule has 0 amide bonds. The fourth-order valence-corrected chi connectivity index (χ4v) is 1.10. The Balaban J connectivity index is 2.19. The van der Waals surface area contributed by atoms with E-state index in [0.29, 0.717) is 5.89 Å². The number of hydrogen-bond acceptors (Lipinski definition) is 5. The summed E-state index contributed by atoms with van der Waals surface area (Å²) < 4.78 is 44.4. The molecule has 17 heavy (non-hydrogen) atoms. The SMILES string of the molecule is Cc1nnc(-c2ccc(OC(F)(F)F)cn2)o1. The summed E-state index contributed by atoms with van der Waals surface area (Å²) in [7, 11) is 0. The van der Waals surface area contributed by atoms with Gasteiger partial charge in [0.1, 0.15) is 11.4 Å². The van der Waals surface area contributed by atoms with E-state index in [-0.39, 0.29) is 11.6 Å². The van der Waals surface area contributed by atoms with Gasteiger partial charge in [-0.1, -0.05) is 0 Å². The third-order valence-electron chi connectivity index (χ3n) is 1.72. The highest BCUT2D eigenvalue weighted by Crippen LogP contribution is 2.23. The first-order chi connectivity index (χ1) is 7.94. The van der Waals surface area contributed by atoms with Gasteiger partial charge in [0.05, 0.1) is 6.20 Å². The van der Waals surface area contributed by atoms with Gasteiger partial charge in [-0.25, -0.2) is 4.98 Å². The standard InChI is InChI=1S/C9H6F3N3O2/c1-5-14-15-8(16-5)7-3-2-6(4-13-7)17-9(10,11)12/h2-4H,1H3. The second-order valence-electron chi connectivity index (χ2n) is 3.05. The molecular formula is C9H6F3N3O2. The quantitative estimate of drug-likeness (QED) is 0.812. The minimum absolute atomic E-state index is 0.140. The number of aryl methyl sites for hydroxylation is 1. The van der Waals surface area contributed by atoms with Gasteiger partial charge in [0.25, 0.3) is 5.89 Å². The van der Waals surface area contributed by atoms with E-state index < -0.39 is 12.1 Å². The van der Waals surface area contributed by atoms with Gasteiger partial charge in [0.15, 0.2) is 0 Å². The Morgan fingerprint density at radius 1 is 1.24 bits per heavy atom. The molecule has 2 aromatic rings. The average molecular weight is 245 g/mol. The lowest BCUT2D eigenvalue weighted by molar-refractivity contribution is -0.274. The molecule has 2 heterocycles. The monoisotopic (exact) mass is 245 g/mol. The van der Waals surface area contributed by atoms with Gasteiger partial charge in [-0.15, -0.1) is 23.4 Å². The van der Waals surface area contributed by atoms with Crippen molar-refractivity contribution in [3.8, 4) is 17.3 Å². The summed E-state index contributed by atoms with van der Waals surface area (Å²) in [6, 6.07) is 2.42. The normalized spacial score (nSPS) is 11.5. The van der Waals surface area contributed by atoms with Crippen LogP contribution in [-0.4, -0.2) is 21.5 Å². The maximum atomic E-state index is 11.9. The van der Waals surface area contributed by atoms with Crippen LogP contribution >= 0.6 is 0 Å². The third-order valence-corrected chi connectivity index (χ3v) is 1.72. The molecule has 0 aliphatic heterocycles. The predicted octanol–water partition coefficient (Wildman–Crippen LogP) is 2.34. The molecule has 0 radical (unpaired) electrons. The van der Waals surface area contributed by atoms with Gasteiger partial charge in [0, 0.05) is 6.92 Å².